The molecule has 0 spiro atoms. The minimum absolute atomic E-state index is 0.0787. The number of thioether (sulfide) groups is 1. The molecule has 1 aliphatic heterocycles. The third kappa shape index (κ3) is 3.57. The van der Waals surface area contributed by atoms with Crippen LogP contribution in [0.2, 0.25) is 0 Å². The van der Waals surface area contributed by atoms with E-state index in [0.29, 0.717) is 10.9 Å². The van der Waals surface area contributed by atoms with Gasteiger partial charge in [0.05, 0.1) is 5.75 Å². The highest BCUT2D eigenvalue weighted by atomic mass is 32.2. The van der Waals surface area contributed by atoms with Gasteiger partial charge in [0.2, 0.25) is 11.1 Å². The quantitative estimate of drug-likeness (QED) is 0.602. The second-order valence-electron chi connectivity index (χ2n) is 8.42. The first-order valence-electron chi connectivity index (χ1n) is 9.78. The zero-order chi connectivity index (χ0) is 20.6. The van der Waals surface area contributed by atoms with Gasteiger partial charge < -0.3 is 4.90 Å². The predicted molar refractivity (Wildman–Crippen MR) is 117 cm³/mol. The lowest BCUT2D eigenvalue weighted by atomic mass is 9.65. The number of aryl methyl sites for hydroxylation is 1. The summed E-state index contributed by atoms with van der Waals surface area (Å²) in [6.45, 7) is 6.61. The molecule has 0 aliphatic carbocycles. The summed E-state index contributed by atoms with van der Waals surface area (Å²) in [5, 5.41) is 4.89. The maximum Gasteiger partial charge on any atom is 0.237 e. The fourth-order valence-corrected chi connectivity index (χ4v) is 5.30. The highest BCUT2D eigenvalue weighted by Gasteiger charge is 2.47. The van der Waals surface area contributed by atoms with E-state index in [1.165, 1.54) is 22.9 Å². The molecule has 0 unspecified atom stereocenters. The van der Waals surface area contributed by atoms with Crippen molar-refractivity contribution in [1.29, 1.82) is 0 Å². The number of nitrogens with zero attached hydrogens (tertiary/aromatic N) is 4. The van der Waals surface area contributed by atoms with E-state index in [9.17, 15) is 4.79 Å². The lowest BCUT2D eigenvalue weighted by molar-refractivity contribution is -0.117. The van der Waals surface area contributed by atoms with Crippen LogP contribution in [0, 0.1) is 0 Å². The molecule has 0 bridgehead atoms. The molecule has 1 amide bonds. The molecule has 3 aromatic rings. The van der Waals surface area contributed by atoms with Gasteiger partial charge in [0.1, 0.15) is 6.33 Å². The molecule has 0 N–H and O–H groups in total. The number of benzene rings is 2. The van der Waals surface area contributed by atoms with Crippen molar-refractivity contribution in [3.05, 3.63) is 72.1 Å². The molecule has 6 heteroatoms. The van der Waals surface area contributed by atoms with E-state index in [1.807, 2.05) is 24.1 Å². The minimum atomic E-state index is -0.325. The summed E-state index contributed by atoms with van der Waals surface area (Å²) in [6, 6.07) is 18.9. The van der Waals surface area contributed by atoms with Crippen LogP contribution in [-0.4, -0.2) is 32.0 Å². The molecule has 150 valence electrons. The summed E-state index contributed by atoms with van der Waals surface area (Å²) in [5.74, 6) is 0.388. The van der Waals surface area contributed by atoms with Gasteiger partial charge in [-0.05, 0) is 37.5 Å². The normalized spacial score (nSPS) is 20.3. The van der Waals surface area contributed by atoms with Crippen LogP contribution in [-0.2, 0) is 17.3 Å². The Hall–Kier alpha value is -2.60. The lowest BCUT2D eigenvalue weighted by Crippen LogP contribution is -2.56. The molecule has 5 nitrogen and oxygen atoms in total. The first-order valence-corrected chi connectivity index (χ1v) is 10.8. The van der Waals surface area contributed by atoms with Crippen LogP contribution in [0.25, 0.3) is 0 Å². The van der Waals surface area contributed by atoms with Crippen LogP contribution in [0.5, 0.6) is 0 Å². The van der Waals surface area contributed by atoms with Gasteiger partial charge in [-0.2, -0.15) is 0 Å². The number of para-hydroxylation sites is 1. The minimum Gasteiger partial charge on any atom is -0.306 e. The van der Waals surface area contributed by atoms with Crippen molar-refractivity contribution in [2.75, 3.05) is 10.7 Å². The van der Waals surface area contributed by atoms with Crippen molar-refractivity contribution < 1.29 is 4.79 Å². The van der Waals surface area contributed by atoms with Crippen molar-refractivity contribution in [3.63, 3.8) is 0 Å². The third-order valence-electron chi connectivity index (χ3n) is 5.69. The molecule has 0 fully saturated rings. The second kappa shape index (κ2) is 7.34. The predicted octanol–water partition coefficient (Wildman–Crippen LogP) is 4.43. The topological polar surface area (TPSA) is 51.0 Å². The smallest absolute Gasteiger partial charge is 0.237 e. The van der Waals surface area contributed by atoms with Crippen LogP contribution in [0.1, 0.15) is 38.3 Å². The highest BCUT2D eigenvalue weighted by molar-refractivity contribution is 7.99. The number of hydrogen-bond acceptors (Lipinski definition) is 4. The number of fused-ring (bicyclic) bond motifs is 1. The standard InChI is InChI=1S/C23H26N4OS/c1-22(2)15-23(3,17-10-6-5-7-11-17)18-12-8-9-13-19(18)27(22)20(28)14-29-21-24-16-26(4)25-21/h5-13,16H,14-15H2,1-4H3/t23-/m0/s1. The molecule has 2 aromatic carbocycles. The zero-order valence-electron chi connectivity index (χ0n) is 17.3. The molecule has 1 atom stereocenters. The van der Waals surface area contributed by atoms with Crippen molar-refractivity contribution in [1.82, 2.24) is 14.8 Å². The fraction of sp³-hybridized carbons (Fsp3) is 0.348. The summed E-state index contributed by atoms with van der Waals surface area (Å²) < 4.78 is 1.65. The van der Waals surface area contributed by atoms with Crippen LogP contribution in [0.3, 0.4) is 0 Å². The Morgan fingerprint density at radius 1 is 1.07 bits per heavy atom. The Bertz CT molecular complexity index is 1030. The maximum absolute atomic E-state index is 13.3. The molecular weight excluding hydrogens is 380 g/mol. The van der Waals surface area contributed by atoms with Gasteiger partial charge in [-0.1, -0.05) is 67.2 Å². The monoisotopic (exact) mass is 406 g/mol. The SMILES string of the molecule is Cn1cnc(SCC(=O)N2c3ccccc3[C@](C)(c3ccccc3)CC2(C)C)n1. The number of anilines is 1. The summed E-state index contributed by atoms with van der Waals surface area (Å²) in [7, 11) is 1.83. The van der Waals surface area contributed by atoms with Crippen molar-refractivity contribution in [3.8, 4) is 0 Å². The number of aromatic nitrogens is 3. The van der Waals surface area contributed by atoms with Crippen molar-refractivity contribution in [2.45, 2.75) is 43.3 Å². The number of carbonyl (C=O) groups excluding carboxylic acids is 1. The van der Waals surface area contributed by atoms with E-state index in [2.05, 4.69) is 73.3 Å². The third-order valence-corrected chi connectivity index (χ3v) is 6.53. The van der Waals surface area contributed by atoms with Crippen LogP contribution in [0.15, 0.2) is 66.1 Å². The molecule has 4 rings (SSSR count). The molecule has 29 heavy (non-hydrogen) atoms. The second-order valence-corrected chi connectivity index (χ2v) is 9.37. The first kappa shape index (κ1) is 19.7. The Morgan fingerprint density at radius 2 is 1.76 bits per heavy atom. The number of carbonyl (C=O) groups is 1. The molecule has 2 heterocycles. The Kier molecular flexibility index (Phi) is 4.99. The van der Waals surface area contributed by atoms with Crippen LogP contribution < -0.4 is 4.90 Å². The van der Waals surface area contributed by atoms with E-state index in [4.69, 9.17) is 0 Å². The molecule has 0 radical (unpaired) electrons. The summed E-state index contributed by atoms with van der Waals surface area (Å²) >= 11 is 1.38. The van der Waals surface area contributed by atoms with Gasteiger partial charge in [-0.25, -0.2) is 4.98 Å². The maximum atomic E-state index is 13.3. The fourth-order valence-electron chi connectivity index (χ4n) is 4.61. The Balaban J connectivity index is 1.71. The summed E-state index contributed by atoms with van der Waals surface area (Å²) in [4.78, 5) is 19.5. The Labute approximate surface area is 176 Å². The summed E-state index contributed by atoms with van der Waals surface area (Å²) in [6.07, 6.45) is 2.50. The van der Waals surface area contributed by atoms with Crippen LogP contribution >= 0.6 is 11.8 Å². The van der Waals surface area contributed by atoms with Crippen molar-refractivity contribution in [2.24, 2.45) is 7.05 Å². The highest BCUT2D eigenvalue weighted by Crippen LogP contribution is 2.50. The molecular formula is C23H26N4OS. The number of rotatable bonds is 4. The van der Waals surface area contributed by atoms with Gasteiger partial charge in [-0.3, -0.25) is 9.48 Å². The van der Waals surface area contributed by atoms with Gasteiger partial charge in [0.25, 0.3) is 0 Å². The average Bonchev–Trinajstić information content (AvgIpc) is 3.11. The number of hydrogen-bond donors (Lipinski definition) is 0. The van der Waals surface area contributed by atoms with Crippen LogP contribution in [0.4, 0.5) is 5.69 Å². The Morgan fingerprint density at radius 3 is 2.45 bits per heavy atom. The lowest BCUT2D eigenvalue weighted by Gasteiger charge is -2.51. The first-order chi connectivity index (χ1) is 13.8. The van der Waals surface area contributed by atoms with E-state index in [-0.39, 0.29) is 16.9 Å². The zero-order valence-corrected chi connectivity index (χ0v) is 18.1. The van der Waals surface area contributed by atoms with Gasteiger partial charge in [0, 0.05) is 23.7 Å². The van der Waals surface area contributed by atoms with E-state index in [0.717, 1.165) is 12.1 Å². The average molecular weight is 407 g/mol. The van der Waals surface area contributed by atoms with E-state index in [1.54, 1.807) is 11.0 Å². The van der Waals surface area contributed by atoms with Gasteiger partial charge in [-0.15, -0.1) is 5.10 Å². The van der Waals surface area contributed by atoms with Gasteiger partial charge >= 0.3 is 0 Å². The van der Waals surface area contributed by atoms with Gasteiger partial charge in [0.15, 0.2) is 0 Å². The van der Waals surface area contributed by atoms with Crippen molar-refractivity contribution >= 4 is 23.4 Å². The van der Waals surface area contributed by atoms with E-state index < -0.39 is 0 Å². The van der Waals surface area contributed by atoms with E-state index >= 15 is 0 Å². The number of amides is 1. The molecule has 0 saturated heterocycles. The summed E-state index contributed by atoms with van der Waals surface area (Å²) in [5.41, 5.74) is 2.98. The largest absolute Gasteiger partial charge is 0.306 e. The molecule has 1 aliphatic rings. The molecule has 1 aromatic heterocycles. The molecule has 0 saturated carbocycles.